The van der Waals surface area contributed by atoms with Crippen molar-refractivity contribution in [2.24, 2.45) is 0 Å². The Labute approximate surface area is 167 Å². The molecular formula is C20H16ClN5O2. The number of ether oxygens (including phenoxy) is 1. The number of hydrogen-bond acceptors (Lipinski definition) is 6. The van der Waals surface area contributed by atoms with Crippen molar-refractivity contribution in [2.45, 2.75) is 6.92 Å². The fraction of sp³-hybridized carbons (Fsp3) is 0.100. The first-order valence-corrected chi connectivity index (χ1v) is 8.64. The number of anilines is 3. The number of aryl methyl sites for hydroxylation is 1. The van der Waals surface area contributed by atoms with E-state index in [1.165, 1.54) is 0 Å². The van der Waals surface area contributed by atoms with Crippen molar-refractivity contribution >= 4 is 34.8 Å². The van der Waals surface area contributed by atoms with Gasteiger partial charge in [-0.1, -0.05) is 17.7 Å². The minimum absolute atomic E-state index is 0.179. The van der Waals surface area contributed by atoms with Crippen molar-refractivity contribution in [1.29, 1.82) is 5.26 Å². The third-order valence-corrected chi connectivity index (χ3v) is 3.98. The topological polar surface area (TPSA) is 99.9 Å². The smallest absolute Gasteiger partial charge is 0.274 e. The molecule has 7 nitrogen and oxygen atoms in total. The molecule has 2 N–H and O–H groups in total. The lowest BCUT2D eigenvalue weighted by molar-refractivity contribution is 0.102. The molecule has 0 aliphatic heterocycles. The molecule has 0 spiro atoms. The van der Waals surface area contributed by atoms with E-state index in [9.17, 15) is 4.79 Å². The zero-order valence-electron chi connectivity index (χ0n) is 15.2. The molecule has 0 aliphatic carbocycles. The number of nitriles is 1. The zero-order valence-corrected chi connectivity index (χ0v) is 15.9. The lowest BCUT2D eigenvalue weighted by atomic mass is 10.2. The first kappa shape index (κ1) is 19.1. The van der Waals surface area contributed by atoms with Crippen LogP contribution in [-0.4, -0.2) is 23.0 Å². The quantitative estimate of drug-likeness (QED) is 0.669. The van der Waals surface area contributed by atoms with E-state index in [0.717, 1.165) is 0 Å². The van der Waals surface area contributed by atoms with Crippen molar-refractivity contribution in [1.82, 2.24) is 9.97 Å². The van der Waals surface area contributed by atoms with Crippen molar-refractivity contribution < 1.29 is 9.53 Å². The molecule has 3 aromatic rings. The van der Waals surface area contributed by atoms with E-state index in [0.29, 0.717) is 33.4 Å². The van der Waals surface area contributed by atoms with Crippen LogP contribution in [0.1, 0.15) is 21.7 Å². The second-order valence-corrected chi connectivity index (χ2v) is 6.27. The SMILES string of the molecule is COc1ccc(Cl)cc1Nc1nc(C)cc(C(=O)Nc2cccc(C#N)c2)n1. The molecule has 3 rings (SSSR count). The molecule has 0 fully saturated rings. The summed E-state index contributed by atoms with van der Waals surface area (Å²) in [4.78, 5) is 21.2. The molecule has 28 heavy (non-hydrogen) atoms. The Bertz CT molecular complexity index is 1080. The van der Waals surface area contributed by atoms with Crippen molar-refractivity contribution in [3.8, 4) is 11.8 Å². The van der Waals surface area contributed by atoms with E-state index in [1.54, 1.807) is 62.6 Å². The van der Waals surface area contributed by atoms with Gasteiger partial charge in [0.25, 0.3) is 5.91 Å². The van der Waals surface area contributed by atoms with E-state index in [-0.39, 0.29) is 11.6 Å². The summed E-state index contributed by atoms with van der Waals surface area (Å²) in [7, 11) is 1.54. The van der Waals surface area contributed by atoms with E-state index in [2.05, 4.69) is 20.6 Å². The van der Waals surface area contributed by atoms with Gasteiger partial charge < -0.3 is 15.4 Å². The predicted molar refractivity (Wildman–Crippen MR) is 107 cm³/mol. The molecule has 140 valence electrons. The second kappa shape index (κ2) is 8.37. The number of methoxy groups -OCH3 is 1. The molecule has 8 heteroatoms. The molecule has 2 aromatic carbocycles. The Balaban J connectivity index is 1.86. The number of amides is 1. The fourth-order valence-corrected chi connectivity index (χ4v) is 2.67. The van der Waals surface area contributed by atoms with Gasteiger partial charge in [0.15, 0.2) is 0 Å². The highest BCUT2D eigenvalue weighted by molar-refractivity contribution is 6.31. The fourth-order valence-electron chi connectivity index (χ4n) is 2.50. The molecule has 1 heterocycles. The minimum atomic E-state index is -0.415. The Morgan fingerprint density at radius 3 is 2.75 bits per heavy atom. The van der Waals surface area contributed by atoms with Gasteiger partial charge in [0.05, 0.1) is 24.4 Å². The van der Waals surface area contributed by atoms with Gasteiger partial charge in [0, 0.05) is 16.4 Å². The van der Waals surface area contributed by atoms with Crippen LogP contribution in [0.2, 0.25) is 5.02 Å². The van der Waals surface area contributed by atoms with Crippen LogP contribution in [0.3, 0.4) is 0 Å². The standard InChI is InChI=1S/C20H16ClN5O2/c1-12-8-17(19(27)24-15-5-3-4-13(9-15)11-22)26-20(23-12)25-16-10-14(21)6-7-18(16)28-2/h3-10H,1-2H3,(H,24,27)(H,23,25,26). The number of halogens is 1. The van der Waals surface area contributed by atoms with Gasteiger partial charge in [-0.25, -0.2) is 9.97 Å². The number of aromatic nitrogens is 2. The van der Waals surface area contributed by atoms with E-state index in [4.69, 9.17) is 21.6 Å². The minimum Gasteiger partial charge on any atom is -0.495 e. The zero-order chi connectivity index (χ0) is 20.1. The number of nitrogens with zero attached hydrogens (tertiary/aromatic N) is 3. The van der Waals surface area contributed by atoms with Crippen LogP contribution in [0.15, 0.2) is 48.5 Å². The van der Waals surface area contributed by atoms with Crippen LogP contribution < -0.4 is 15.4 Å². The van der Waals surface area contributed by atoms with Crippen LogP contribution in [0.4, 0.5) is 17.3 Å². The Morgan fingerprint density at radius 2 is 2.00 bits per heavy atom. The highest BCUT2D eigenvalue weighted by Crippen LogP contribution is 2.29. The molecule has 0 atom stereocenters. The van der Waals surface area contributed by atoms with Gasteiger partial charge in [-0.3, -0.25) is 4.79 Å². The highest BCUT2D eigenvalue weighted by atomic mass is 35.5. The highest BCUT2D eigenvalue weighted by Gasteiger charge is 2.13. The lowest BCUT2D eigenvalue weighted by Crippen LogP contribution is -2.15. The molecule has 0 aliphatic rings. The van der Waals surface area contributed by atoms with Crippen molar-refractivity contribution in [3.63, 3.8) is 0 Å². The summed E-state index contributed by atoms with van der Waals surface area (Å²) in [6.07, 6.45) is 0. The van der Waals surface area contributed by atoms with Crippen LogP contribution in [0.5, 0.6) is 5.75 Å². The largest absolute Gasteiger partial charge is 0.495 e. The van der Waals surface area contributed by atoms with Gasteiger partial charge in [0.2, 0.25) is 5.95 Å². The summed E-state index contributed by atoms with van der Waals surface area (Å²) in [5.74, 6) is 0.381. The first-order chi connectivity index (χ1) is 13.5. The second-order valence-electron chi connectivity index (χ2n) is 5.83. The number of carbonyl (C=O) groups is 1. The summed E-state index contributed by atoms with van der Waals surface area (Å²) in [5, 5.41) is 15.3. The number of benzene rings is 2. The van der Waals surface area contributed by atoms with Crippen LogP contribution in [0.25, 0.3) is 0 Å². The third kappa shape index (κ3) is 4.55. The third-order valence-electron chi connectivity index (χ3n) is 3.74. The molecule has 0 saturated carbocycles. The summed E-state index contributed by atoms with van der Waals surface area (Å²) in [5.41, 5.74) is 2.32. The number of carbonyl (C=O) groups excluding carboxylic acids is 1. The molecular weight excluding hydrogens is 378 g/mol. The van der Waals surface area contributed by atoms with Crippen LogP contribution in [-0.2, 0) is 0 Å². The average molecular weight is 394 g/mol. The molecule has 1 aromatic heterocycles. The maximum Gasteiger partial charge on any atom is 0.274 e. The Hall–Kier alpha value is -3.63. The van der Waals surface area contributed by atoms with E-state index < -0.39 is 5.91 Å². The lowest BCUT2D eigenvalue weighted by Gasteiger charge is -2.12. The number of hydrogen-bond donors (Lipinski definition) is 2. The summed E-state index contributed by atoms with van der Waals surface area (Å²) >= 11 is 6.04. The maximum absolute atomic E-state index is 12.6. The maximum atomic E-state index is 12.6. The molecule has 0 radical (unpaired) electrons. The monoisotopic (exact) mass is 393 g/mol. The number of nitrogens with one attached hydrogen (secondary N) is 2. The normalized spacial score (nSPS) is 10.1. The van der Waals surface area contributed by atoms with Gasteiger partial charge >= 0.3 is 0 Å². The summed E-state index contributed by atoms with van der Waals surface area (Å²) in [6.45, 7) is 1.76. The van der Waals surface area contributed by atoms with Crippen molar-refractivity contribution in [3.05, 3.63) is 70.5 Å². The average Bonchev–Trinajstić information content (AvgIpc) is 2.68. The van der Waals surface area contributed by atoms with Gasteiger partial charge in [-0.15, -0.1) is 0 Å². The van der Waals surface area contributed by atoms with Gasteiger partial charge in [-0.2, -0.15) is 5.26 Å². The van der Waals surface area contributed by atoms with Crippen LogP contribution >= 0.6 is 11.6 Å². The van der Waals surface area contributed by atoms with Gasteiger partial charge in [0.1, 0.15) is 11.4 Å². The first-order valence-electron chi connectivity index (χ1n) is 8.26. The Morgan fingerprint density at radius 1 is 1.18 bits per heavy atom. The van der Waals surface area contributed by atoms with Crippen LogP contribution in [0, 0.1) is 18.3 Å². The Kier molecular flexibility index (Phi) is 5.72. The summed E-state index contributed by atoms with van der Waals surface area (Å²) in [6, 6.07) is 15.3. The molecule has 0 unspecified atom stereocenters. The molecule has 0 bridgehead atoms. The van der Waals surface area contributed by atoms with E-state index in [1.807, 2.05) is 6.07 Å². The molecule has 0 saturated heterocycles. The number of rotatable bonds is 5. The predicted octanol–water partition coefficient (Wildman–Crippen LogP) is 4.31. The molecule has 1 amide bonds. The van der Waals surface area contributed by atoms with E-state index >= 15 is 0 Å². The van der Waals surface area contributed by atoms with Gasteiger partial charge in [-0.05, 0) is 49.4 Å². The summed E-state index contributed by atoms with van der Waals surface area (Å²) < 4.78 is 5.30. The van der Waals surface area contributed by atoms with Crippen molar-refractivity contribution in [2.75, 3.05) is 17.7 Å².